The molecule has 0 radical (unpaired) electrons. The Bertz CT molecular complexity index is 326. The van der Waals surface area contributed by atoms with E-state index in [1.54, 1.807) is 24.3 Å². The first kappa shape index (κ1) is 9.76. The lowest BCUT2D eigenvalue weighted by Crippen LogP contribution is -1.95. The van der Waals surface area contributed by atoms with Gasteiger partial charge in [0.15, 0.2) is 0 Å². The lowest BCUT2D eigenvalue weighted by atomic mass is 9.98. The molecule has 0 amide bonds. The molecule has 0 aliphatic heterocycles. The van der Waals surface area contributed by atoms with Crippen molar-refractivity contribution in [1.82, 2.24) is 0 Å². The number of aldehydes is 1. The van der Waals surface area contributed by atoms with Crippen molar-refractivity contribution in [3.8, 4) is 6.07 Å². The van der Waals surface area contributed by atoms with Gasteiger partial charge in [0, 0.05) is 11.4 Å². The van der Waals surface area contributed by atoms with Gasteiger partial charge in [0.25, 0.3) is 0 Å². The van der Waals surface area contributed by atoms with Crippen LogP contribution in [0.1, 0.15) is 17.9 Å². The van der Waals surface area contributed by atoms with Crippen molar-refractivity contribution in [3.63, 3.8) is 0 Å². The highest BCUT2D eigenvalue weighted by molar-refractivity contribution is 6.30. The molecule has 1 unspecified atom stereocenters. The highest BCUT2D eigenvalue weighted by atomic mass is 35.5. The molecule has 0 bridgehead atoms. The number of carbonyl (C=O) groups is 1. The van der Waals surface area contributed by atoms with Crippen molar-refractivity contribution in [1.29, 1.82) is 5.26 Å². The predicted octanol–water partition coefficient (Wildman–Crippen LogP) is 2.54. The third kappa shape index (κ3) is 2.57. The standard InChI is InChI=1S/C10H8ClNO/c11-10-3-1-8(2-4-10)9(7-12)5-6-13/h1-4,6,9H,5H2. The summed E-state index contributed by atoms with van der Waals surface area (Å²) in [4.78, 5) is 10.2. The van der Waals surface area contributed by atoms with Crippen LogP contribution in [0.15, 0.2) is 24.3 Å². The van der Waals surface area contributed by atoms with Crippen LogP contribution >= 0.6 is 11.6 Å². The van der Waals surface area contributed by atoms with Crippen LogP contribution in [0.25, 0.3) is 0 Å². The summed E-state index contributed by atoms with van der Waals surface area (Å²) in [5, 5.41) is 9.37. The van der Waals surface area contributed by atoms with E-state index in [0.29, 0.717) is 5.02 Å². The highest BCUT2D eigenvalue weighted by Gasteiger charge is 2.08. The van der Waals surface area contributed by atoms with E-state index in [1.165, 1.54) is 0 Å². The van der Waals surface area contributed by atoms with Gasteiger partial charge in [-0.2, -0.15) is 5.26 Å². The van der Waals surface area contributed by atoms with E-state index in [9.17, 15) is 4.79 Å². The van der Waals surface area contributed by atoms with Crippen LogP contribution < -0.4 is 0 Å². The lowest BCUT2D eigenvalue weighted by Gasteiger charge is -2.04. The van der Waals surface area contributed by atoms with E-state index < -0.39 is 0 Å². The molecular formula is C10H8ClNO. The SMILES string of the molecule is N#CC(CC=O)c1ccc(Cl)cc1. The predicted molar refractivity (Wildman–Crippen MR) is 50.5 cm³/mol. The molecule has 0 saturated heterocycles. The van der Waals surface area contributed by atoms with Crippen molar-refractivity contribution in [2.75, 3.05) is 0 Å². The molecule has 0 N–H and O–H groups in total. The largest absolute Gasteiger partial charge is 0.303 e. The van der Waals surface area contributed by atoms with Crippen LogP contribution in [0.2, 0.25) is 5.02 Å². The third-order valence-corrected chi connectivity index (χ3v) is 2.01. The first-order valence-electron chi connectivity index (χ1n) is 3.86. The molecule has 1 aromatic rings. The van der Waals surface area contributed by atoms with Gasteiger partial charge in [-0.1, -0.05) is 23.7 Å². The molecule has 1 rings (SSSR count). The number of hydrogen-bond donors (Lipinski definition) is 0. The molecule has 1 atom stereocenters. The van der Waals surface area contributed by atoms with Crippen molar-refractivity contribution in [2.24, 2.45) is 0 Å². The minimum atomic E-state index is -0.352. The molecule has 0 aliphatic carbocycles. The summed E-state index contributed by atoms with van der Waals surface area (Å²) in [5.41, 5.74) is 0.832. The Kier molecular flexibility index (Phi) is 3.48. The Labute approximate surface area is 81.7 Å². The molecule has 1 aromatic carbocycles. The molecule has 13 heavy (non-hydrogen) atoms. The van der Waals surface area contributed by atoms with Gasteiger partial charge in [-0.3, -0.25) is 0 Å². The fourth-order valence-corrected chi connectivity index (χ4v) is 1.18. The van der Waals surface area contributed by atoms with Crippen molar-refractivity contribution in [2.45, 2.75) is 12.3 Å². The number of halogens is 1. The molecule has 2 nitrogen and oxygen atoms in total. The summed E-state index contributed by atoms with van der Waals surface area (Å²) in [6.45, 7) is 0. The maximum Gasteiger partial charge on any atom is 0.121 e. The zero-order valence-corrected chi connectivity index (χ0v) is 7.66. The van der Waals surface area contributed by atoms with Crippen LogP contribution in [0.5, 0.6) is 0 Å². The average Bonchev–Trinajstić information content (AvgIpc) is 2.16. The van der Waals surface area contributed by atoms with E-state index in [-0.39, 0.29) is 12.3 Å². The Morgan fingerprint density at radius 1 is 1.46 bits per heavy atom. The maximum atomic E-state index is 10.2. The quantitative estimate of drug-likeness (QED) is 0.693. The minimum Gasteiger partial charge on any atom is -0.303 e. The van der Waals surface area contributed by atoms with E-state index in [4.69, 9.17) is 16.9 Å². The molecule has 66 valence electrons. The summed E-state index contributed by atoms with van der Waals surface area (Å²) in [7, 11) is 0. The number of nitriles is 1. The van der Waals surface area contributed by atoms with Gasteiger partial charge >= 0.3 is 0 Å². The monoisotopic (exact) mass is 193 g/mol. The lowest BCUT2D eigenvalue weighted by molar-refractivity contribution is -0.107. The molecular weight excluding hydrogens is 186 g/mol. The summed E-state index contributed by atoms with van der Waals surface area (Å²) in [5.74, 6) is -0.352. The number of rotatable bonds is 3. The van der Waals surface area contributed by atoms with Crippen LogP contribution in [-0.2, 0) is 4.79 Å². The summed E-state index contributed by atoms with van der Waals surface area (Å²) in [6, 6.07) is 9.02. The number of nitrogens with zero attached hydrogens (tertiary/aromatic N) is 1. The Hall–Kier alpha value is -1.33. The fourth-order valence-electron chi connectivity index (χ4n) is 1.05. The van der Waals surface area contributed by atoms with Gasteiger partial charge in [0.1, 0.15) is 6.29 Å². The van der Waals surface area contributed by atoms with Crippen LogP contribution in [0.3, 0.4) is 0 Å². The molecule has 0 heterocycles. The van der Waals surface area contributed by atoms with Gasteiger partial charge in [0.2, 0.25) is 0 Å². The van der Waals surface area contributed by atoms with E-state index in [1.807, 2.05) is 0 Å². The van der Waals surface area contributed by atoms with Crippen molar-refractivity contribution < 1.29 is 4.79 Å². The smallest absolute Gasteiger partial charge is 0.121 e. The topological polar surface area (TPSA) is 40.9 Å². The highest BCUT2D eigenvalue weighted by Crippen LogP contribution is 2.19. The number of benzene rings is 1. The van der Waals surface area contributed by atoms with Crippen molar-refractivity contribution in [3.05, 3.63) is 34.9 Å². The molecule has 0 aliphatic rings. The second-order valence-electron chi connectivity index (χ2n) is 2.64. The second kappa shape index (κ2) is 4.64. The van der Waals surface area contributed by atoms with Crippen LogP contribution in [-0.4, -0.2) is 6.29 Å². The zero-order valence-electron chi connectivity index (χ0n) is 6.90. The normalized spacial score (nSPS) is 11.7. The molecule has 0 fully saturated rings. The molecule has 3 heteroatoms. The first-order chi connectivity index (χ1) is 6.27. The Balaban J connectivity index is 2.87. The maximum absolute atomic E-state index is 10.2. The summed E-state index contributed by atoms with van der Waals surface area (Å²) < 4.78 is 0. The zero-order chi connectivity index (χ0) is 9.68. The summed E-state index contributed by atoms with van der Waals surface area (Å²) in [6.07, 6.45) is 0.987. The number of hydrogen-bond acceptors (Lipinski definition) is 2. The van der Waals surface area contributed by atoms with Gasteiger partial charge in [0.05, 0.1) is 12.0 Å². The third-order valence-electron chi connectivity index (χ3n) is 1.76. The van der Waals surface area contributed by atoms with Gasteiger partial charge in [-0.05, 0) is 17.7 Å². The van der Waals surface area contributed by atoms with E-state index >= 15 is 0 Å². The van der Waals surface area contributed by atoms with Crippen LogP contribution in [0, 0.1) is 11.3 Å². The van der Waals surface area contributed by atoms with Gasteiger partial charge in [-0.25, -0.2) is 0 Å². The number of carbonyl (C=O) groups excluding carboxylic acids is 1. The molecule has 0 aromatic heterocycles. The fraction of sp³-hybridized carbons (Fsp3) is 0.200. The molecule has 0 spiro atoms. The average molecular weight is 194 g/mol. The van der Waals surface area contributed by atoms with E-state index in [2.05, 4.69) is 6.07 Å². The summed E-state index contributed by atoms with van der Waals surface area (Å²) >= 11 is 5.68. The Morgan fingerprint density at radius 2 is 2.08 bits per heavy atom. The Morgan fingerprint density at radius 3 is 2.54 bits per heavy atom. The minimum absolute atomic E-state index is 0.234. The van der Waals surface area contributed by atoms with Gasteiger partial charge in [-0.15, -0.1) is 0 Å². The van der Waals surface area contributed by atoms with Crippen LogP contribution in [0.4, 0.5) is 0 Å². The first-order valence-corrected chi connectivity index (χ1v) is 4.24. The van der Waals surface area contributed by atoms with Gasteiger partial charge < -0.3 is 4.79 Å². The second-order valence-corrected chi connectivity index (χ2v) is 3.07. The van der Waals surface area contributed by atoms with E-state index in [0.717, 1.165) is 11.8 Å². The van der Waals surface area contributed by atoms with Crippen molar-refractivity contribution >= 4 is 17.9 Å². The molecule has 0 saturated carbocycles.